The number of likely N-dealkylation sites (N-methyl/N-ethyl adjacent to an activating group) is 1. The zero-order valence-corrected chi connectivity index (χ0v) is 23.7. The Morgan fingerprint density at radius 3 is 2.34 bits per heavy atom. The van der Waals surface area contributed by atoms with Crippen molar-refractivity contribution in [2.45, 2.75) is 78.4 Å². The minimum atomic E-state index is -0.489. The lowest BCUT2D eigenvalue weighted by Gasteiger charge is -2.32. The van der Waals surface area contributed by atoms with Crippen LogP contribution in [0, 0.1) is 0 Å². The third kappa shape index (κ3) is 15.9. The van der Waals surface area contributed by atoms with Crippen molar-refractivity contribution >= 4 is 36.0 Å². The Morgan fingerprint density at radius 2 is 1.75 bits per heavy atom. The van der Waals surface area contributed by atoms with Gasteiger partial charge in [0.25, 0.3) is 0 Å². The van der Waals surface area contributed by atoms with Gasteiger partial charge in [-0.05, 0) is 60.5 Å². The summed E-state index contributed by atoms with van der Waals surface area (Å²) in [6, 6.07) is 0.121. The van der Waals surface area contributed by atoms with E-state index < -0.39 is 5.60 Å². The predicted octanol–water partition coefficient (Wildman–Crippen LogP) is 3.27. The molecule has 1 rings (SSSR count). The number of piperazine rings is 1. The van der Waals surface area contributed by atoms with Crippen molar-refractivity contribution < 1.29 is 9.53 Å². The summed E-state index contributed by atoms with van der Waals surface area (Å²) < 4.78 is 5.36. The Morgan fingerprint density at radius 1 is 1.06 bits per heavy atom. The normalized spacial score (nSPS) is 16.8. The second kappa shape index (κ2) is 17.6. The van der Waals surface area contributed by atoms with Gasteiger partial charge < -0.3 is 30.5 Å². The maximum absolute atomic E-state index is 12.0. The molecule has 1 aliphatic rings. The number of amides is 1. The van der Waals surface area contributed by atoms with Gasteiger partial charge in [-0.15, -0.1) is 24.0 Å². The van der Waals surface area contributed by atoms with Gasteiger partial charge in [0.05, 0.1) is 0 Å². The number of carbonyl (C=O) groups excluding carboxylic acids is 1. The zero-order chi connectivity index (χ0) is 23.1. The molecule has 1 fully saturated rings. The van der Waals surface area contributed by atoms with Gasteiger partial charge in [0.1, 0.15) is 5.60 Å². The molecule has 3 N–H and O–H groups in total. The first-order valence-electron chi connectivity index (χ1n) is 12.2. The van der Waals surface area contributed by atoms with Crippen LogP contribution >= 0.6 is 24.0 Å². The molecule has 32 heavy (non-hydrogen) atoms. The first kappa shape index (κ1) is 31.2. The summed E-state index contributed by atoms with van der Waals surface area (Å²) in [4.78, 5) is 21.7. The lowest BCUT2D eigenvalue weighted by atomic mass is 10.1. The van der Waals surface area contributed by atoms with Gasteiger partial charge in [-0.3, -0.25) is 4.99 Å². The molecule has 0 aromatic carbocycles. The first-order valence-corrected chi connectivity index (χ1v) is 12.2. The van der Waals surface area contributed by atoms with Crippen LogP contribution in [0.5, 0.6) is 0 Å². The molecule has 0 radical (unpaired) electrons. The van der Waals surface area contributed by atoms with Crippen molar-refractivity contribution in [2.75, 3.05) is 59.4 Å². The maximum atomic E-state index is 12.0. The molecule has 1 heterocycles. The quantitative estimate of drug-likeness (QED) is 0.145. The summed E-state index contributed by atoms with van der Waals surface area (Å²) in [5.41, 5.74) is -0.489. The number of carbonyl (C=O) groups is 1. The van der Waals surface area contributed by atoms with Crippen LogP contribution < -0.4 is 16.0 Å². The Hall–Kier alpha value is -0.810. The molecule has 0 bridgehead atoms. The van der Waals surface area contributed by atoms with Crippen molar-refractivity contribution in [1.29, 1.82) is 0 Å². The SMILES string of the molecule is CCCCC(CNC(=O)OC(C)(C)C)NC(=NCCCCN1CCN(C)CC1)NCC.I. The summed E-state index contributed by atoms with van der Waals surface area (Å²) in [5, 5.41) is 9.74. The molecule has 1 aliphatic heterocycles. The highest BCUT2D eigenvalue weighted by Crippen LogP contribution is 2.07. The van der Waals surface area contributed by atoms with Gasteiger partial charge in [0, 0.05) is 51.9 Å². The Kier molecular flexibility index (Phi) is 17.2. The molecule has 0 spiro atoms. The lowest BCUT2D eigenvalue weighted by Crippen LogP contribution is -2.49. The second-order valence-corrected chi connectivity index (χ2v) is 9.48. The minimum Gasteiger partial charge on any atom is -0.444 e. The number of guanidine groups is 1. The number of hydrogen-bond acceptors (Lipinski definition) is 5. The molecule has 0 saturated carbocycles. The van der Waals surface area contributed by atoms with E-state index in [1.165, 1.54) is 32.6 Å². The van der Waals surface area contributed by atoms with E-state index in [4.69, 9.17) is 9.73 Å². The molecule has 190 valence electrons. The number of unbranched alkanes of at least 4 members (excludes halogenated alkanes) is 2. The van der Waals surface area contributed by atoms with Crippen LogP contribution in [0.25, 0.3) is 0 Å². The molecular formula is C23H49IN6O2. The molecule has 8 nitrogen and oxygen atoms in total. The topological polar surface area (TPSA) is 81.2 Å². The first-order chi connectivity index (χ1) is 14.7. The third-order valence-electron chi connectivity index (χ3n) is 5.23. The fourth-order valence-corrected chi connectivity index (χ4v) is 3.42. The molecule has 1 amide bonds. The number of alkyl carbamates (subject to hydrolysis) is 1. The fraction of sp³-hybridized carbons (Fsp3) is 0.913. The van der Waals surface area contributed by atoms with Gasteiger partial charge in [0.15, 0.2) is 5.96 Å². The van der Waals surface area contributed by atoms with Crippen LogP contribution in [0.4, 0.5) is 4.79 Å². The molecule has 0 aromatic rings. The predicted molar refractivity (Wildman–Crippen MR) is 145 cm³/mol. The van der Waals surface area contributed by atoms with Crippen molar-refractivity contribution in [3.05, 3.63) is 0 Å². The number of rotatable bonds is 12. The van der Waals surface area contributed by atoms with E-state index in [9.17, 15) is 4.79 Å². The smallest absolute Gasteiger partial charge is 0.407 e. The highest BCUT2D eigenvalue weighted by Gasteiger charge is 2.18. The van der Waals surface area contributed by atoms with E-state index in [0.29, 0.717) is 6.54 Å². The highest BCUT2D eigenvalue weighted by molar-refractivity contribution is 14.0. The van der Waals surface area contributed by atoms with E-state index >= 15 is 0 Å². The van der Waals surface area contributed by atoms with E-state index in [-0.39, 0.29) is 36.1 Å². The van der Waals surface area contributed by atoms with E-state index in [0.717, 1.165) is 51.3 Å². The van der Waals surface area contributed by atoms with Gasteiger partial charge in [-0.2, -0.15) is 0 Å². The van der Waals surface area contributed by atoms with Crippen LogP contribution in [0.15, 0.2) is 4.99 Å². The third-order valence-corrected chi connectivity index (χ3v) is 5.23. The standard InChI is InChI=1S/C23H48N6O2.HI/c1-7-9-12-20(19-26-22(30)31-23(3,4)5)27-21(24-8-2)25-13-10-11-14-29-17-15-28(6)16-18-29;/h20H,7-19H2,1-6H3,(H,26,30)(H2,24,25,27);1H. The molecule has 9 heteroatoms. The number of halogens is 1. The maximum Gasteiger partial charge on any atom is 0.407 e. The summed E-state index contributed by atoms with van der Waals surface area (Å²) in [5.74, 6) is 0.828. The Labute approximate surface area is 213 Å². The van der Waals surface area contributed by atoms with Gasteiger partial charge in [-0.25, -0.2) is 4.79 Å². The minimum absolute atomic E-state index is 0. The fourth-order valence-electron chi connectivity index (χ4n) is 3.42. The van der Waals surface area contributed by atoms with Gasteiger partial charge >= 0.3 is 6.09 Å². The molecule has 0 aromatic heterocycles. The summed E-state index contributed by atoms with van der Waals surface area (Å²) in [6.45, 7) is 17.9. The van der Waals surface area contributed by atoms with Crippen LogP contribution in [0.1, 0.15) is 66.7 Å². The average molecular weight is 569 g/mol. The van der Waals surface area contributed by atoms with Gasteiger partial charge in [0.2, 0.25) is 0 Å². The Bertz CT molecular complexity index is 519. The van der Waals surface area contributed by atoms with Crippen LogP contribution in [-0.2, 0) is 4.74 Å². The molecule has 1 unspecified atom stereocenters. The van der Waals surface area contributed by atoms with Gasteiger partial charge in [-0.1, -0.05) is 19.8 Å². The number of nitrogens with zero attached hydrogens (tertiary/aromatic N) is 3. The van der Waals surface area contributed by atoms with Crippen LogP contribution in [0.2, 0.25) is 0 Å². The summed E-state index contributed by atoms with van der Waals surface area (Å²) >= 11 is 0. The number of aliphatic imine (C=N–C) groups is 1. The van der Waals surface area contributed by atoms with E-state index in [1.54, 1.807) is 0 Å². The molecular weight excluding hydrogens is 519 g/mol. The molecule has 1 atom stereocenters. The van der Waals surface area contributed by atoms with Crippen LogP contribution in [0.3, 0.4) is 0 Å². The van der Waals surface area contributed by atoms with Crippen LogP contribution in [-0.4, -0.2) is 92.9 Å². The average Bonchev–Trinajstić information content (AvgIpc) is 2.69. The summed E-state index contributed by atoms with van der Waals surface area (Å²) in [7, 11) is 2.19. The highest BCUT2D eigenvalue weighted by atomic mass is 127. The van der Waals surface area contributed by atoms with E-state index in [2.05, 4.69) is 46.6 Å². The Balaban J connectivity index is 0.00000961. The second-order valence-electron chi connectivity index (χ2n) is 9.48. The van der Waals surface area contributed by atoms with Crippen molar-refractivity contribution in [3.63, 3.8) is 0 Å². The number of nitrogens with one attached hydrogen (secondary N) is 3. The number of ether oxygens (including phenoxy) is 1. The molecule has 1 saturated heterocycles. The molecule has 0 aliphatic carbocycles. The summed E-state index contributed by atoms with van der Waals surface area (Å²) in [6.07, 6.45) is 5.06. The largest absolute Gasteiger partial charge is 0.444 e. The van der Waals surface area contributed by atoms with Crippen molar-refractivity contribution in [2.24, 2.45) is 4.99 Å². The lowest BCUT2D eigenvalue weighted by molar-refractivity contribution is 0.0522. The van der Waals surface area contributed by atoms with E-state index in [1.807, 2.05) is 20.8 Å². The van der Waals surface area contributed by atoms with Crippen molar-refractivity contribution in [3.8, 4) is 0 Å². The number of hydrogen-bond donors (Lipinski definition) is 3. The van der Waals surface area contributed by atoms with Crippen molar-refractivity contribution in [1.82, 2.24) is 25.8 Å². The zero-order valence-electron chi connectivity index (χ0n) is 21.3. The monoisotopic (exact) mass is 568 g/mol.